The van der Waals surface area contributed by atoms with Crippen molar-refractivity contribution in [2.75, 3.05) is 6.61 Å². The SMILES string of the molecule is CCCCCCOc1cc(Cl)c2c(c1)c1c(n2C(=S)c2ccc(C(C)C)cc2)CCC(C(=O)O)(C(=O)O)C1. The Balaban J connectivity index is 1.84. The molecule has 8 heteroatoms. The summed E-state index contributed by atoms with van der Waals surface area (Å²) in [5.41, 5.74) is 2.23. The Bertz CT molecular complexity index is 1360. The second-order valence-corrected chi connectivity index (χ2v) is 11.2. The van der Waals surface area contributed by atoms with E-state index in [0.717, 1.165) is 36.9 Å². The first kappa shape index (κ1) is 28.1. The molecule has 0 atom stereocenters. The van der Waals surface area contributed by atoms with Crippen molar-refractivity contribution in [3.05, 3.63) is 63.8 Å². The van der Waals surface area contributed by atoms with E-state index in [1.807, 2.05) is 22.8 Å². The maximum absolute atomic E-state index is 12.2. The van der Waals surface area contributed by atoms with Crippen molar-refractivity contribution in [2.45, 2.75) is 71.6 Å². The minimum Gasteiger partial charge on any atom is -0.494 e. The summed E-state index contributed by atoms with van der Waals surface area (Å²) in [4.78, 5) is 25.0. The smallest absolute Gasteiger partial charge is 0.321 e. The Morgan fingerprint density at radius 1 is 1.11 bits per heavy atom. The largest absolute Gasteiger partial charge is 0.494 e. The van der Waals surface area contributed by atoms with Crippen LogP contribution in [-0.2, 0) is 22.4 Å². The van der Waals surface area contributed by atoms with Crippen LogP contribution in [0.15, 0.2) is 36.4 Å². The van der Waals surface area contributed by atoms with Gasteiger partial charge in [-0.15, -0.1) is 0 Å². The number of hydrogen-bond acceptors (Lipinski definition) is 4. The quantitative estimate of drug-likeness (QED) is 0.156. The molecule has 6 nitrogen and oxygen atoms in total. The van der Waals surface area contributed by atoms with Gasteiger partial charge in [-0.2, -0.15) is 0 Å². The summed E-state index contributed by atoms with van der Waals surface area (Å²) >= 11 is 12.8. The number of rotatable bonds is 10. The molecule has 1 aliphatic carbocycles. The van der Waals surface area contributed by atoms with Crippen LogP contribution < -0.4 is 4.74 Å². The number of hydrogen-bond donors (Lipinski definition) is 2. The monoisotopic (exact) mass is 555 g/mol. The van der Waals surface area contributed by atoms with Crippen LogP contribution in [0, 0.1) is 5.41 Å². The summed E-state index contributed by atoms with van der Waals surface area (Å²) in [5.74, 6) is -1.71. The maximum Gasteiger partial charge on any atom is 0.321 e. The molecule has 1 heterocycles. The summed E-state index contributed by atoms with van der Waals surface area (Å²) in [5, 5.41) is 21.0. The van der Waals surface area contributed by atoms with Gasteiger partial charge < -0.3 is 19.5 Å². The number of ether oxygens (including phenoxy) is 1. The zero-order valence-electron chi connectivity index (χ0n) is 22.1. The Kier molecular flexibility index (Phi) is 8.48. The lowest BCUT2D eigenvalue weighted by Gasteiger charge is -2.30. The van der Waals surface area contributed by atoms with Crippen molar-refractivity contribution in [3.8, 4) is 5.75 Å². The number of benzene rings is 2. The van der Waals surface area contributed by atoms with Gasteiger partial charge in [0.15, 0.2) is 5.41 Å². The number of aromatic nitrogens is 1. The van der Waals surface area contributed by atoms with Gasteiger partial charge in [-0.3, -0.25) is 9.59 Å². The topological polar surface area (TPSA) is 88.8 Å². The predicted molar refractivity (Wildman–Crippen MR) is 154 cm³/mol. The van der Waals surface area contributed by atoms with Crippen molar-refractivity contribution in [3.63, 3.8) is 0 Å². The number of thiocarbonyl (C=S) groups is 1. The molecule has 2 aromatic carbocycles. The zero-order valence-corrected chi connectivity index (χ0v) is 23.6. The minimum absolute atomic E-state index is 0.0334. The van der Waals surface area contributed by atoms with E-state index in [2.05, 4.69) is 32.9 Å². The van der Waals surface area contributed by atoms with Crippen molar-refractivity contribution >= 4 is 51.6 Å². The molecule has 202 valence electrons. The Labute approximate surface area is 233 Å². The summed E-state index contributed by atoms with van der Waals surface area (Å²) in [6.07, 6.45) is 4.32. The van der Waals surface area contributed by atoms with Crippen LogP contribution in [0.1, 0.15) is 81.2 Å². The first-order valence-corrected chi connectivity index (χ1v) is 14.0. The normalized spacial score (nSPS) is 14.4. The maximum atomic E-state index is 12.2. The number of halogens is 1. The van der Waals surface area contributed by atoms with Crippen LogP contribution in [0.2, 0.25) is 5.02 Å². The molecule has 38 heavy (non-hydrogen) atoms. The van der Waals surface area contributed by atoms with Crippen LogP contribution >= 0.6 is 23.8 Å². The molecule has 0 saturated carbocycles. The molecule has 0 saturated heterocycles. The van der Waals surface area contributed by atoms with Gasteiger partial charge in [-0.25, -0.2) is 0 Å². The summed E-state index contributed by atoms with van der Waals surface area (Å²) in [7, 11) is 0. The molecule has 4 rings (SSSR count). The summed E-state index contributed by atoms with van der Waals surface area (Å²) in [6, 6.07) is 11.7. The molecule has 3 aromatic rings. The lowest BCUT2D eigenvalue weighted by molar-refractivity contribution is -0.165. The van der Waals surface area contributed by atoms with Crippen LogP contribution in [0.4, 0.5) is 0 Å². The van der Waals surface area contributed by atoms with Crippen molar-refractivity contribution < 1.29 is 24.5 Å². The van der Waals surface area contributed by atoms with Gasteiger partial charge in [-0.05, 0) is 42.4 Å². The molecule has 2 N–H and O–H groups in total. The molecular weight excluding hydrogens is 522 g/mol. The highest BCUT2D eigenvalue weighted by Gasteiger charge is 2.50. The van der Waals surface area contributed by atoms with Gasteiger partial charge in [0, 0.05) is 29.1 Å². The standard InChI is InChI=1S/C30H34ClNO5S/c1-4-5-6-7-14-37-21-15-22-23-17-30(28(33)34,29(35)36)13-12-25(23)32(26(22)24(31)16-21)27(38)20-10-8-19(9-11-20)18(2)3/h8-11,15-16,18H,4-7,12-14,17H2,1-3H3,(H,33,34)(H,35,36). The second kappa shape index (κ2) is 11.5. The van der Waals surface area contributed by atoms with Gasteiger partial charge >= 0.3 is 11.9 Å². The number of carboxylic acid groups (broad SMARTS) is 2. The summed E-state index contributed by atoms with van der Waals surface area (Å²) in [6.45, 7) is 6.95. The fourth-order valence-electron chi connectivity index (χ4n) is 5.26. The number of fused-ring (bicyclic) bond motifs is 3. The third kappa shape index (κ3) is 5.19. The lowest BCUT2D eigenvalue weighted by Crippen LogP contribution is -2.44. The molecule has 0 aliphatic heterocycles. The van der Waals surface area contributed by atoms with Crippen molar-refractivity contribution in [1.29, 1.82) is 0 Å². The molecular formula is C30H34ClNO5S. The fraction of sp³-hybridized carbons (Fsp3) is 0.433. The van der Waals surface area contributed by atoms with Gasteiger partial charge in [0.1, 0.15) is 10.7 Å². The number of nitrogens with zero attached hydrogens (tertiary/aromatic N) is 1. The molecule has 1 aliphatic rings. The summed E-state index contributed by atoms with van der Waals surface area (Å²) < 4.78 is 7.92. The molecule has 0 bridgehead atoms. The van der Waals surface area contributed by atoms with Gasteiger partial charge in [0.25, 0.3) is 0 Å². The third-order valence-electron chi connectivity index (χ3n) is 7.58. The first-order chi connectivity index (χ1) is 18.1. The van der Waals surface area contributed by atoms with E-state index in [-0.39, 0.29) is 19.3 Å². The predicted octanol–water partition coefficient (Wildman–Crippen LogP) is 7.25. The van der Waals surface area contributed by atoms with Crippen LogP contribution in [-0.4, -0.2) is 38.3 Å². The highest BCUT2D eigenvalue weighted by atomic mass is 35.5. The fourth-order valence-corrected chi connectivity index (χ4v) is 5.89. The van der Waals surface area contributed by atoms with E-state index < -0.39 is 17.4 Å². The average molecular weight is 556 g/mol. The van der Waals surface area contributed by atoms with E-state index in [1.54, 1.807) is 6.07 Å². The van der Waals surface area contributed by atoms with E-state index in [1.165, 1.54) is 5.56 Å². The Morgan fingerprint density at radius 2 is 1.79 bits per heavy atom. The number of aliphatic carboxylic acids is 2. The first-order valence-electron chi connectivity index (χ1n) is 13.2. The highest BCUT2D eigenvalue weighted by Crippen LogP contribution is 2.44. The van der Waals surface area contributed by atoms with Gasteiger partial charge in [-0.1, -0.05) is 88.1 Å². The molecule has 0 fully saturated rings. The highest BCUT2D eigenvalue weighted by molar-refractivity contribution is 7.80. The van der Waals surface area contributed by atoms with E-state index in [4.69, 9.17) is 28.6 Å². The molecule has 0 spiro atoms. The van der Waals surface area contributed by atoms with Crippen LogP contribution in [0.3, 0.4) is 0 Å². The molecule has 0 radical (unpaired) electrons. The molecule has 0 amide bonds. The van der Waals surface area contributed by atoms with Gasteiger partial charge in [0.2, 0.25) is 0 Å². The van der Waals surface area contributed by atoms with Crippen LogP contribution in [0.25, 0.3) is 10.9 Å². The van der Waals surface area contributed by atoms with Crippen LogP contribution in [0.5, 0.6) is 5.75 Å². The lowest BCUT2D eigenvalue weighted by atomic mass is 9.72. The van der Waals surface area contributed by atoms with E-state index >= 15 is 0 Å². The van der Waals surface area contributed by atoms with Gasteiger partial charge in [0.05, 0.1) is 17.1 Å². The Hall–Kier alpha value is -2.90. The zero-order chi connectivity index (χ0) is 27.6. The number of carboxylic acids is 2. The van der Waals surface area contributed by atoms with E-state index in [0.29, 0.717) is 44.8 Å². The third-order valence-corrected chi connectivity index (χ3v) is 8.29. The minimum atomic E-state index is -1.91. The Morgan fingerprint density at radius 3 is 2.39 bits per heavy atom. The molecule has 1 aromatic heterocycles. The van der Waals surface area contributed by atoms with Crippen molar-refractivity contribution in [2.24, 2.45) is 5.41 Å². The van der Waals surface area contributed by atoms with Crippen molar-refractivity contribution in [1.82, 2.24) is 4.57 Å². The second-order valence-electron chi connectivity index (χ2n) is 10.4. The number of unbranched alkanes of at least 4 members (excludes halogenated alkanes) is 3. The average Bonchev–Trinajstić information content (AvgIpc) is 3.21. The molecule has 0 unspecified atom stereocenters. The van der Waals surface area contributed by atoms with E-state index in [9.17, 15) is 19.8 Å². The number of carbonyl (C=O) groups is 2.